The first kappa shape index (κ1) is 21.0. The van der Waals surface area contributed by atoms with Gasteiger partial charge in [-0.25, -0.2) is 13.6 Å². The third-order valence-corrected chi connectivity index (χ3v) is 5.35. The molecule has 0 bridgehead atoms. The highest BCUT2D eigenvalue weighted by atomic mass is 19.1. The van der Waals surface area contributed by atoms with Crippen molar-refractivity contribution in [3.8, 4) is 0 Å². The number of hydrogen-bond donors (Lipinski definition) is 1. The van der Waals surface area contributed by atoms with Gasteiger partial charge in [0.15, 0.2) is 5.82 Å². The molecule has 0 saturated carbocycles. The fourth-order valence-corrected chi connectivity index (χ4v) is 3.91. The Bertz CT molecular complexity index is 1170. The zero-order chi connectivity index (χ0) is 22.0. The summed E-state index contributed by atoms with van der Waals surface area (Å²) in [6, 6.07) is 10.3. The first-order chi connectivity index (χ1) is 15.0. The molecule has 6 nitrogen and oxygen atoms in total. The van der Waals surface area contributed by atoms with Gasteiger partial charge in [0.2, 0.25) is 5.43 Å². The predicted molar refractivity (Wildman–Crippen MR) is 115 cm³/mol. The second-order valence-electron chi connectivity index (χ2n) is 7.36. The fraction of sp³-hybridized carbons (Fsp3) is 0.304. The van der Waals surface area contributed by atoms with Crippen LogP contribution in [0.25, 0.3) is 10.9 Å². The molecule has 1 aromatic heterocycles. The molecule has 1 aliphatic heterocycles. The Morgan fingerprint density at radius 2 is 1.87 bits per heavy atom. The number of ether oxygens (including phenoxy) is 1. The first-order valence-corrected chi connectivity index (χ1v) is 10.2. The van der Waals surface area contributed by atoms with Gasteiger partial charge >= 0.3 is 5.97 Å². The van der Waals surface area contributed by atoms with E-state index in [0.717, 1.165) is 11.6 Å². The zero-order valence-electron chi connectivity index (χ0n) is 17.2. The molecule has 1 saturated heterocycles. The van der Waals surface area contributed by atoms with E-state index in [4.69, 9.17) is 4.74 Å². The number of pyridine rings is 1. The lowest BCUT2D eigenvalue weighted by Crippen LogP contribution is -2.44. The van der Waals surface area contributed by atoms with Gasteiger partial charge in [-0.05, 0) is 18.6 Å². The van der Waals surface area contributed by atoms with Crippen molar-refractivity contribution in [3.63, 3.8) is 0 Å². The van der Waals surface area contributed by atoms with Crippen LogP contribution in [-0.2, 0) is 11.3 Å². The van der Waals surface area contributed by atoms with Gasteiger partial charge in [0.25, 0.3) is 0 Å². The molecule has 4 rings (SSSR count). The van der Waals surface area contributed by atoms with Crippen molar-refractivity contribution in [3.05, 3.63) is 75.6 Å². The van der Waals surface area contributed by atoms with Gasteiger partial charge in [-0.2, -0.15) is 0 Å². The largest absolute Gasteiger partial charge is 0.462 e. The van der Waals surface area contributed by atoms with E-state index in [1.54, 1.807) is 11.8 Å². The Hall–Kier alpha value is -3.26. The molecule has 3 aromatic rings. The molecule has 1 aliphatic rings. The smallest absolute Gasteiger partial charge is 0.343 e. The second-order valence-corrected chi connectivity index (χ2v) is 7.36. The number of anilines is 1. The van der Waals surface area contributed by atoms with Gasteiger partial charge < -0.3 is 19.5 Å². The Morgan fingerprint density at radius 1 is 1.16 bits per heavy atom. The minimum Gasteiger partial charge on any atom is -0.462 e. The molecule has 0 spiro atoms. The molecule has 31 heavy (non-hydrogen) atoms. The molecule has 162 valence electrons. The van der Waals surface area contributed by atoms with Crippen LogP contribution in [0.2, 0.25) is 0 Å². The summed E-state index contributed by atoms with van der Waals surface area (Å²) in [4.78, 5) is 27.0. The van der Waals surface area contributed by atoms with Crippen LogP contribution in [0, 0.1) is 11.6 Å². The molecular formula is C23H23F2N3O3. The summed E-state index contributed by atoms with van der Waals surface area (Å²) in [7, 11) is 0. The van der Waals surface area contributed by atoms with Crippen LogP contribution in [0.1, 0.15) is 22.8 Å². The van der Waals surface area contributed by atoms with E-state index in [0.29, 0.717) is 26.2 Å². The van der Waals surface area contributed by atoms with Gasteiger partial charge in [-0.1, -0.05) is 30.3 Å². The van der Waals surface area contributed by atoms with Gasteiger partial charge in [-0.15, -0.1) is 0 Å². The quantitative estimate of drug-likeness (QED) is 0.635. The molecule has 8 heteroatoms. The summed E-state index contributed by atoms with van der Waals surface area (Å²) in [6.07, 6.45) is 1.30. The lowest BCUT2D eigenvalue weighted by molar-refractivity contribution is 0.0524. The van der Waals surface area contributed by atoms with E-state index in [1.807, 2.05) is 30.3 Å². The van der Waals surface area contributed by atoms with Crippen LogP contribution in [0.15, 0.2) is 47.4 Å². The van der Waals surface area contributed by atoms with Crippen molar-refractivity contribution in [1.29, 1.82) is 0 Å². The van der Waals surface area contributed by atoms with E-state index < -0.39 is 23.0 Å². The molecule has 0 radical (unpaired) electrons. The number of esters is 1. The summed E-state index contributed by atoms with van der Waals surface area (Å²) < 4.78 is 37.3. The monoisotopic (exact) mass is 427 g/mol. The molecule has 2 heterocycles. The number of fused-ring (bicyclic) bond motifs is 1. The van der Waals surface area contributed by atoms with Crippen molar-refractivity contribution in [2.24, 2.45) is 0 Å². The maximum Gasteiger partial charge on any atom is 0.343 e. The molecule has 1 N–H and O–H groups in total. The Labute approximate surface area is 178 Å². The topological polar surface area (TPSA) is 63.6 Å². The zero-order valence-corrected chi connectivity index (χ0v) is 17.2. The van der Waals surface area contributed by atoms with Gasteiger partial charge in [0.05, 0.1) is 17.5 Å². The normalized spacial score (nSPS) is 14.1. The number of piperazine rings is 1. The van der Waals surface area contributed by atoms with Gasteiger partial charge in [0, 0.05) is 38.9 Å². The van der Waals surface area contributed by atoms with E-state index in [1.165, 1.54) is 10.8 Å². The maximum atomic E-state index is 15.8. The van der Waals surface area contributed by atoms with Crippen molar-refractivity contribution in [1.82, 2.24) is 9.88 Å². The number of carbonyl (C=O) groups excluding carboxylic acids is 1. The first-order valence-electron chi connectivity index (χ1n) is 10.2. The fourth-order valence-electron chi connectivity index (χ4n) is 3.91. The predicted octanol–water partition coefficient (Wildman–Crippen LogP) is 2.91. The summed E-state index contributed by atoms with van der Waals surface area (Å²) in [5, 5.41) is 2.97. The number of hydrogen-bond acceptors (Lipinski definition) is 5. The lowest BCUT2D eigenvalue weighted by Gasteiger charge is -2.30. The van der Waals surface area contributed by atoms with Crippen LogP contribution in [-0.4, -0.2) is 43.3 Å². The second kappa shape index (κ2) is 8.85. The van der Waals surface area contributed by atoms with E-state index in [9.17, 15) is 9.59 Å². The van der Waals surface area contributed by atoms with E-state index >= 15 is 8.78 Å². The van der Waals surface area contributed by atoms with Crippen LogP contribution < -0.4 is 15.6 Å². The molecule has 0 amide bonds. The number of nitrogens with one attached hydrogen (secondary N) is 1. The minimum atomic E-state index is -0.823. The third-order valence-electron chi connectivity index (χ3n) is 5.35. The minimum absolute atomic E-state index is 0.0307. The standard InChI is InChI=1S/C23H23F2N3O3/c1-2-31-23(30)17-14-28(13-15-6-4-3-5-7-15)20-16(22(17)29)12-18(24)21(19(20)25)27-10-8-26-9-11-27/h3-7,12,14,26H,2,8-11,13H2,1H3. The van der Waals surface area contributed by atoms with Crippen LogP contribution >= 0.6 is 0 Å². The van der Waals surface area contributed by atoms with Gasteiger partial charge in [-0.3, -0.25) is 4.79 Å². The number of rotatable bonds is 5. The van der Waals surface area contributed by atoms with Crippen molar-refractivity contribution in [2.75, 3.05) is 37.7 Å². The number of nitrogens with zero attached hydrogens (tertiary/aromatic N) is 2. The maximum absolute atomic E-state index is 15.8. The Morgan fingerprint density at radius 3 is 2.55 bits per heavy atom. The molecule has 0 atom stereocenters. The highest BCUT2D eigenvalue weighted by molar-refractivity contribution is 5.95. The van der Waals surface area contributed by atoms with Crippen LogP contribution in [0.3, 0.4) is 0 Å². The highest BCUT2D eigenvalue weighted by Gasteiger charge is 2.26. The average molecular weight is 427 g/mol. The van der Waals surface area contributed by atoms with E-state index in [-0.39, 0.29) is 35.3 Å². The lowest BCUT2D eigenvalue weighted by atomic mass is 10.1. The number of benzene rings is 2. The number of carbonyl (C=O) groups is 1. The molecule has 0 unspecified atom stereocenters. The van der Waals surface area contributed by atoms with E-state index in [2.05, 4.69) is 5.32 Å². The SMILES string of the molecule is CCOC(=O)c1cn(Cc2ccccc2)c2c(F)c(N3CCNCC3)c(F)cc2c1=O. The Kier molecular flexibility index (Phi) is 5.99. The highest BCUT2D eigenvalue weighted by Crippen LogP contribution is 2.30. The summed E-state index contributed by atoms with van der Waals surface area (Å²) in [6.45, 7) is 4.02. The molecule has 2 aromatic carbocycles. The molecule has 0 aliphatic carbocycles. The Balaban J connectivity index is 1.97. The summed E-state index contributed by atoms with van der Waals surface area (Å²) in [5.41, 5.74) is -0.341. The average Bonchev–Trinajstić information content (AvgIpc) is 2.77. The van der Waals surface area contributed by atoms with Crippen molar-refractivity contribution >= 4 is 22.6 Å². The number of aromatic nitrogens is 1. The molecule has 1 fully saturated rings. The molecular weight excluding hydrogens is 404 g/mol. The van der Waals surface area contributed by atoms with Crippen LogP contribution in [0.4, 0.5) is 14.5 Å². The van der Waals surface area contributed by atoms with Crippen molar-refractivity contribution in [2.45, 2.75) is 13.5 Å². The summed E-state index contributed by atoms with van der Waals surface area (Å²) in [5.74, 6) is -2.44. The summed E-state index contributed by atoms with van der Waals surface area (Å²) >= 11 is 0. The van der Waals surface area contributed by atoms with Crippen molar-refractivity contribution < 1.29 is 18.3 Å². The van der Waals surface area contributed by atoms with Gasteiger partial charge in [0.1, 0.15) is 17.1 Å². The van der Waals surface area contributed by atoms with Crippen LogP contribution in [0.5, 0.6) is 0 Å². The number of halogens is 2. The third kappa shape index (κ3) is 4.03.